The van der Waals surface area contributed by atoms with Crippen molar-refractivity contribution in [2.45, 2.75) is 38.7 Å². The first-order chi connectivity index (χ1) is 15.8. The van der Waals surface area contributed by atoms with Crippen molar-refractivity contribution in [1.29, 1.82) is 0 Å². The Morgan fingerprint density at radius 3 is 2.09 bits per heavy atom. The molecule has 3 aromatic rings. The second kappa shape index (κ2) is 9.54. The van der Waals surface area contributed by atoms with Crippen LogP contribution in [0.5, 0.6) is 0 Å². The molecule has 0 aliphatic carbocycles. The highest BCUT2D eigenvalue weighted by Crippen LogP contribution is 2.36. The van der Waals surface area contributed by atoms with Crippen molar-refractivity contribution in [3.8, 4) is 0 Å². The minimum atomic E-state index is -2.59. The summed E-state index contributed by atoms with van der Waals surface area (Å²) in [6, 6.07) is 27.2. The summed E-state index contributed by atoms with van der Waals surface area (Å²) in [5.41, 5.74) is 8.93. The number of anilines is 1. The highest BCUT2D eigenvalue weighted by atomic mass is 28.4. The molecule has 2 N–H and O–H groups in total. The molecule has 0 aromatic heterocycles. The summed E-state index contributed by atoms with van der Waals surface area (Å²) in [6.45, 7) is 8.64. The Hall–Kier alpha value is -2.89. The van der Waals surface area contributed by atoms with Crippen molar-refractivity contribution in [3.63, 3.8) is 0 Å². The Morgan fingerprint density at radius 2 is 1.52 bits per heavy atom. The predicted molar refractivity (Wildman–Crippen MR) is 138 cm³/mol. The molecule has 1 aliphatic rings. The van der Waals surface area contributed by atoms with E-state index in [1.807, 2.05) is 17.0 Å². The number of nitrogens with two attached hydrogens (primary N) is 1. The van der Waals surface area contributed by atoms with Gasteiger partial charge in [0.25, 0.3) is 8.32 Å². The van der Waals surface area contributed by atoms with E-state index in [1.165, 1.54) is 15.9 Å². The zero-order valence-corrected chi connectivity index (χ0v) is 20.9. The lowest BCUT2D eigenvalue weighted by molar-refractivity contribution is -0.130. The van der Waals surface area contributed by atoms with Gasteiger partial charge < -0.3 is 15.1 Å². The SMILES string of the molecule is CC(C)(C)[Si](OCCN1CCc2ccc(N)cc2CC1=O)(c1ccccc1)c1ccccc1. The van der Waals surface area contributed by atoms with Crippen LogP contribution in [-0.4, -0.2) is 38.8 Å². The Morgan fingerprint density at radius 1 is 0.909 bits per heavy atom. The molecule has 0 saturated carbocycles. The van der Waals surface area contributed by atoms with Crippen LogP contribution in [0.2, 0.25) is 5.04 Å². The second-order valence-electron chi connectivity index (χ2n) is 9.85. The van der Waals surface area contributed by atoms with Gasteiger partial charge in [-0.2, -0.15) is 0 Å². The number of amides is 1. The molecule has 5 heteroatoms. The zero-order chi connectivity index (χ0) is 23.5. The summed E-state index contributed by atoms with van der Waals surface area (Å²) in [4.78, 5) is 15.0. The van der Waals surface area contributed by atoms with E-state index in [9.17, 15) is 4.79 Å². The number of carbonyl (C=O) groups excluding carboxylic acids is 1. The number of hydrogen-bond acceptors (Lipinski definition) is 3. The molecule has 4 nitrogen and oxygen atoms in total. The molecule has 0 saturated heterocycles. The summed E-state index contributed by atoms with van der Waals surface area (Å²) < 4.78 is 6.98. The molecule has 1 amide bonds. The minimum Gasteiger partial charge on any atom is -0.406 e. The molecular formula is C28H34N2O2Si. The lowest BCUT2D eigenvalue weighted by Crippen LogP contribution is -2.67. The predicted octanol–water partition coefficient (Wildman–Crippen LogP) is 3.77. The standard InChI is InChI=1S/C28H34N2O2Si/c1-28(2,3)33(25-10-6-4-7-11-25,26-12-8-5-9-13-26)32-19-18-30-17-16-22-14-15-24(29)20-23(22)21-27(30)31/h4-15,20H,16-19,21,29H2,1-3H3. The number of nitrogens with zero attached hydrogens (tertiary/aromatic N) is 1. The smallest absolute Gasteiger partial charge is 0.261 e. The Labute approximate surface area is 198 Å². The van der Waals surface area contributed by atoms with E-state index in [4.69, 9.17) is 10.2 Å². The maximum atomic E-state index is 13.0. The van der Waals surface area contributed by atoms with Crippen LogP contribution in [0.25, 0.3) is 0 Å². The molecule has 0 radical (unpaired) electrons. The van der Waals surface area contributed by atoms with E-state index < -0.39 is 8.32 Å². The maximum absolute atomic E-state index is 13.0. The molecule has 1 aliphatic heterocycles. The zero-order valence-electron chi connectivity index (χ0n) is 19.9. The first-order valence-corrected chi connectivity index (χ1v) is 13.6. The van der Waals surface area contributed by atoms with Crippen LogP contribution in [0, 0.1) is 0 Å². The van der Waals surface area contributed by atoms with Gasteiger partial charge in [0, 0.05) is 18.8 Å². The molecule has 0 spiro atoms. The van der Waals surface area contributed by atoms with Crippen molar-refractivity contribution in [2.24, 2.45) is 0 Å². The molecule has 3 aromatic carbocycles. The highest BCUT2D eigenvalue weighted by molar-refractivity contribution is 6.99. The summed E-state index contributed by atoms with van der Waals surface area (Å²) >= 11 is 0. The van der Waals surface area contributed by atoms with Gasteiger partial charge in [0.15, 0.2) is 0 Å². The fourth-order valence-corrected chi connectivity index (χ4v) is 9.57. The maximum Gasteiger partial charge on any atom is 0.261 e. The van der Waals surface area contributed by atoms with E-state index in [0.717, 1.165) is 12.0 Å². The van der Waals surface area contributed by atoms with Crippen LogP contribution in [-0.2, 0) is 22.1 Å². The first kappa shape index (κ1) is 23.3. The third kappa shape index (κ3) is 4.75. The van der Waals surface area contributed by atoms with Crippen LogP contribution in [0.15, 0.2) is 78.9 Å². The fourth-order valence-electron chi connectivity index (χ4n) is 5.02. The monoisotopic (exact) mass is 458 g/mol. The van der Waals surface area contributed by atoms with Gasteiger partial charge in [-0.05, 0) is 45.1 Å². The molecule has 33 heavy (non-hydrogen) atoms. The number of fused-ring (bicyclic) bond motifs is 1. The topological polar surface area (TPSA) is 55.6 Å². The van der Waals surface area contributed by atoms with Gasteiger partial charge in [-0.15, -0.1) is 0 Å². The Bertz CT molecular complexity index is 1050. The normalized spacial score (nSPS) is 14.6. The lowest BCUT2D eigenvalue weighted by Gasteiger charge is -2.43. The van der Waals surface area contributed by atoms with Crippen molar-refractivity contribution >= 4 is 30.3 Å². The third-order valence-electron chi connectivity index (χ3n) is 6.67. The highest BCUT2D eigenvalue weighted by Gasteiger charge is 2.50. The van der Waals surface area contributed by atoms with Crippen LogP contribution in [0.3, 0.4) is 0 Å². The molecule has 4 rings (SSSR count). The van der Waals surface area contributed by atoms with Crippen LogP contribution in [0.1, 0.15) is 31.9 Å². The number of nitrogen functional groups attached to an aromatic ring is 1. The average molecular weight is 459 g/mol. The summed E-state index contributed by atoms with van der Waals surface area (Å²) in [6.07, 6.45) is 1.25. The molecule has 0 fully saturated rings. The average Bonchev–Trinajstić information content (AvgIpc) is 2.95. The molecule has 0 unspecified atom stereocenters. The van der Waals surface area contributed by atoms with Gasteiger partial charge in [0.1, 0.15) is 0 Å². The van der Waals surface area contributed by atoms with Gasteiger partial charge in [-0.25, -0.2) is 0 Å². The van der Waals surface area contributed by atoms with Gasteiger partial charge in [-0.3, -0.25) is 4.79 Å². The largest absolute Gasteiger partial charge is 0.406 e. The van der Waals surface area contributed by atoms with Crippen molar-refractivity contribution in [2.75, 3.05) is 25.4 Å². The number of hydrogen-bond donors (Lipinski definition) is 1. The molecule has 1 heterocycles. The van der Waals surface area contributed by atoms with Gasteiger partial charge in [0.2, 0.25) is 5.91 Å². The second-order valence-corrected chi connectivity index (χ2v) is 14.2. The fraction of sp³-hybridized carbons (Fsp3) is 0.321. The van der Waals surface area contributed by atoms with E-state index in [1.54, 1.807) is 0 Å². The Balaban J connectivity index is 1.58. The van der Waals surface area contributed by atoms with Gasteiger partial charge >= 0.3 is 0 Å². The molecule has 0 bridgehead atoms. The summed E-state index contributed by atoms with van der Waals surface area (Å²) in [5, 5.41) is 2.44. The van der Waals surface area contributed by atoms with E-state index in [0.29, 0.717) is 31.8 Å². The van der Waals surface area contributed by atoms with Crippen LogP contribution in [0.4, 0.5) is 5.69 Å². The van der Waals surface area contributed by atoms with Crippen LogP contribution >= 0.6 is 0 Å². The number of benzene rings is 3. The number of rotatable bonds is 6. The van der Waals surface area contributed by atoms with Crippen molar-refractivity contribution < 1.29 is 9.22 Å². The molecule has 172 valence electrons. The number of carbonyl (C=O) groups is 1. The van der Waals surface area contributed by atoms with Crippen LogP contribution < -0.4 is 16.1 Å². The molecular weight excluding hydrogens is 424 g/mol. The molecule has 0 atom stereocenters. The van der Waals surface area contributed by atoms with E-state index in [2.05, 4.69) is 87.5 Å². The van der Waals surface area contributed by atoms with Gasteiger partial charge in [-0.1, -0.05) is 87.5 Å². The third-order valence-corrected chi connectivity index (χ3v) is 11.7. The quantitative estimate of drug-likeness (QED) is 0.452. The summed E-state index contributed by atoms with van der Waals surface area (Å²) in [5.74, 6) is 0.144. The Kier molecular flexibility index (Phi) is 6.72. The first-order valence-electron chi connectivity index (χ1n) is 11.7. The van der Waals surface area contributed by atoms with Crippen molar-refractivity contribution in [1.82, 2.24) is 4.90 Å². The van der Waals surface area contributed by atoms with Gasteiger partial charge in [0.05, 0.1) is 13.0 Å². The lowest BCUT2D eigenvalue weighted by atomic mass is 10.0. The van der Waals surface area contributed by atoms with E-state index in [-0.39, 0.29) is 10.9 Å². The minimum absolute atomic E-state index is 0.0771. The summed E-state index contributed by atoms with van der Waals surface area (Å²) in [7, 11) is -2.59. The van der Waals surface area contributed by atoms with E-state index >= 15 is 0 Å². The van der Waals surface area contributed by atoms with Crippen molar-refractivity contribution in [3.05, 3.63) is 90.0 Å².